The summed E-state index contributed by atoms with van der Waals surface area (Å²) in [6.07, 6.45) is -1.49. The molecule has 152 valence electrons. The number of hydrogen-bond acceptors (Lipinski definition) is 10. The van der Waals surface area contributed by atoms with Crippen molar-refractivity contribution in [1.82, 2.24) is 19.5 Å². The summed E-state index contributed by atoms with van der Waals surface area (Å²) in [7, 11) is 0. The van der Waals surface area contributed by atoms with E-state index in [2.05, 4.69) is 15.0 Å². The Hall–Kier alpha value is -2.64. The summed E-state index contributed by atoms with van der Waals surface area (Å²) < 4.78 is 7.03. The minimum atomic E-state index is -1.24. The monoisotopic (exact) mass is 419 g/mol. The van der Waals surface area contributed by atoms with E-state index in [9.17, 15) is 25.4 Å². The van der Waals surface area contributed by atoms with Crippen LogP contribution in [-0.4, -0.2) is 64.7 Å². The zero-order valence-electron chi connectivity index (χ0n) is 14.9. The Kier molecular flexibility index (Phi) is 5.43. The van der Waals surface area contributed by atoms with Gasteiger partial charge in [0.25, 0.3) is 5.69 Å². The molecule has 0 saturated carbocycles. The number of aromatic nitrogens is 4. The van der Waals surface area contributed by atoms with Gasteiger partial charge in [-0.15, -0.1) is 0 Å². The first-order valence-corrected chi connectivity index (χ1v) is 9.64. The number of thioether (sulfide) groups is 1. The highest BCUT2D eigenvalue weighted by Crippen LogP contribution is 2.33. The molecule has 0 radical (unpaired) electrons. The molecule has 3 aromatic rings. The summed E-state index contributed by atoms with van der Waals surface area (Å²) in [5.74, 6) is 0.519. The van der Waals surface area contributed by atoms with Crippen molar-refractivity contribution in [2.24, 2.45) is 0 Å². The fourth-order valence-corrected chi connectivity index (χ4v) is 4.00. The van der Waals surface area contributed by atoms with E-state index in [1.807, 2.05) is 0 Å². The van der Waals surface area contributed by atoms with Crippen LogP contribution in [0.2, 0.25) is 0 Å². The average Bonchev–Trinajstić information content (AvgIpc) is 3.28. The molecular formula is C17H17N5O6S. The van der Waals surface area contributed by atoms with Crippen LogP contribution in [0.5, 0.6) is 0 Å². The maximum Gasteiger partial charge on any atom is 0.269 e. The van der Waals surface area contributed by atoms with E-state index < -0.39 is 36.1 Å². The second-order valence-corrected chi connectivity index (χ2v) is 7.41. The smallest absolute Gasteiger partial charge is 0.269 e. The number of benzene rings is 1. The average molecular weight is 419 g/mol. The van der Waals surface area contributed by atoms with E-state index in [1.54, 1.807) is 12.1 Å². The molecule has 3 N–H and O–H groups in total. The fraction of sp³-hybridized carbons (Fsp3) is 0.353. The lowest BCUT2D eigenvalue weighted by atomic mass is 10.1. The van der Waals surface area contributed by atoms with Crippen LogP contribution in [0, 0.1) is 10.1 Å². The van der Waals surface area contributed by atoms with Gasteiger partial charge in [-0.1, -0.05) is 23.9 Å². The number of nitro benzene ring substituents is 1. The number of non-ortho nitro benzene ring substituents is 1. The maximum atomic E-state index is 10.7. The molecule has 1 aliphatic heterocycles. The third-order valence-electron chi connectivity index (χ3n) is 4.64. The molecule has 4 atom stereocenters. The van der Waals surface area contributed by atoms with Gasteiger partial charge in [0, 0.05) is 17.9 Å². The van der Waals surface area contributed by atoms with E-state index >= 15 is 0 Å². The van der Waals surface area contributed by atoms with E-state index in [1.165, 1.54) is 41.1 Å². The van der Waals surface area contributed by atoms with Crippen molar-refractivity contribution >= 4 is 28.6 Å². The van der Waals surface area contributed by atoms with Gasteiger partial charge in [-0.2, -0.15) is 0 Å². The molecule has 1 aliphatic rings. The molecule has 29 heavy (non-hydrogen) atoms. The summed E-state index contributed by atoms with van der Waals surface area (Å²) >= 11 is 1.39. The second kappa shape index (κ2) is 8.00. The maximum absolute atomic E-state index is 10.7. The molecule has 0 unspecified atom stereocenters. The lowest BCUT2D eigenvalue weighted by molar-refractivity contribution is -0.384. The highest BCUT2D eigenvalue weighted by Gasteiger charge is 2.44. The van der Waals surface area contributed by atoms with Crippen LogP contribution in [0.1, 0.15) is 11.8 Å². The zero-order chi connectivity index (χ0) is 20.5. The summed E-state index contributed by atoms with van der Waals surface area (Å²) in [5, 5.41) is 40.8. The normalized spacial score (nSPS) is 24.2. The molecule has 2 aromatic heterocycles. The highest BCUT2D eigenvalue weighted by molar-refractivity contribution is 7.98. The predicted octanol–water partition coefficient (Wildman–Crippen LogP) is 0.638. The van der Waals surface area contributed by atoms with Gasteiger partial charge >= 0.3 is 0 Å². The third kappa shape index (κ3) is 3.68. The quantitative estimate of drug-likeness (QED) is 0.224. The molecule has 0 bridgehead atoms. The van der Waals surface area contributed by atoms with Crippen molar-refractivity contribution < 1.29 is 25.0 Å². The van der Waals surface area contributed by atoms with Gasteiger partial charge in [0.15, 0.2) is 11.9 Å². The van der Waals surface area contributed by atoms with Gasteiger partial charge in [0.2, 0.25) is 0 Å². The van der Waals surface area contributed by atoms with Crippen LogP contribution in [0.25, 0.3) is 11.2 Å². The highest BCUT2D eigenvalue weighted by atomic mass is 32.2. The van der Waals surface area contributed by atoms with Gasteiger partial charge in [-0.05, 0) is 5.56 Å². The molecule has 1 saturated heterocycles. The van der Waals surface area contributed by atoms with Crippen molar-refractivity contribution in [3.63, 3.8) is 0 Å². The van der Waals surface area contributed by atoms with Gasteiger partial charge in [0.05, 0.1) is 17.9 Å². The number of imidazole rings is 1. The van der Waals surface area contributed by atoms with Crippen LogP contribution in [0.4, 0.5) is 5.69 Å². The summed E-state index contributed by atoms with van der Waals surface area (Å²) in [5.41, 5.74) is 1.83. The number of nitrogens with zero attached hydrogens (tertiary/aromatic N) is 5. The molecule has 0 spiro atoms. The first-order chi connectivity index (χ1) is 14.0. The largest absolute Gasteiger partial charge is 0.394 e. The number of aliphatic hydroxyl groups excluding tert-OH is 3. The van der Waals surface area contributed by atoms with E-state index in [4.69, 9.17) is 4.74 Å². The van der Waals surface area contributed by atoms with E-state index in [-0.39, 0.29) is 5.69 Å². The Balaban J connectivity index is 1.55. The van der Waals surface area contributed by atoms with Crippen molar-refractivity contribution in [3.05, 3.63) is 52.6 Å². The van der Waals surface area contributed by atoms with Crippen LogP contribution in [-0.2, 0) is 10.5 Å². The summed E-state index contributed by atoms with van der Waals surface area (Å²) in [4.78, 5) is 23.1. The van der Waals surface area contributed by atoms with Crippen molar-refractivity contribution in [2.75, 3.05) is 6.61 Å². The minimum Gasteiger partial charge on any atom is -0.394 e. The molecule has 0 aliphatic carbocycles. The molecule has 1 aromatic carbocycles. The Labute approximate surface area is 168 Å². The number of aliphatic hydroxyl groups is 3. The van der Waals surface area contributed by atoms with Crippen molar-refractivity contribution in [2.45, 2.75) is 35.3 Å². The van der Waals surface area contributed by atoms with Crippen LogP contribution in [0.3, 0.4) is 0 Å². The number of rotatable bonds is 6. The number of ether oxygens (including phenoxy) is 1. The number of fused-ring (bicyclic) bond motifs is 1. The Morgan fingerprint density at radius 2 is 1.93 bits per heavy atom. The lowest BCUT2D eigenvalue weighted by Gasteiger charge is -2.16. The first-order valence-electron chi connectivity index (χ1n) is 8.65. The minimum absolute atomic E-state index is 0.0282. The first kappa shape index (κ1) is 19.7. The summed E-state index contributed by atoms with van der Waals surface area (Å²) in [6.45, 7) is -0.424. The summed E-state index contributed by atoms with van der Waals surface area (Å²) in [6, 6.07) is 6.26. The number of hydrogen-bond donors (Lipinski definition) is 3. The molecular weight excluding hydrogens is 402 g/mol. The van der Waals surface area contributed by atoms with Crippen LogP contribution >= 0.6 is 11.8 Å². The van der Waals surface area contributed by atoms with Crippen molar-refractivity contribution in [1.29, 1.82) is 0 Å². The Morgan fingerprint density at radius 1 is 1.17 bits per heavy atom. The van der Waals surface area contributed by atoms with Gasteiger partial charge in [-0.25, -0.2) is 15.0 Å². The van der Waals surface area contributed by atoms with Crippen LogP contribution < -0.4 is 0 Å². The molecule has 3 heterocycles. The zero-order valence-corrected chi connectivity index (χ0v) is 15.7. The lowest BCUT2D eigenvalue weighted by Crippen LogP contribution is -2.33. The van der Waals surface area contributed by atoms with Crippen LogP contribution in [0.15, 0.2) is 41.9 Å². The predicted molar refractivity (Wildman–Crippen MR) is 101 cm³/mol. The SMILES string of the molecule is O=[N+]([O-])c1ccc(CSc2ncnc3c2ncn3[C@H]2O[C@H](CO)[C@@H](O)[C@H]2O)cc1. The van der Waals surface area contributed by atoms with E-state index in [0.29, 0.717) is 21.9 Å². The molecule has 4 rings (SSSR count). The molecule has 11 nitrogen and oxygen atoms in total. The van der Waals surface area contributed by atoms with Gasteiger partial charge in [-0.3, -0.25) is 14.7 Å². The molecule has 1 fully saturated rings. The second-order valence-electron chi connectivity index (χ2n) is 6.44. The third-order valence-corrected chi connectivity index (χ3v) is 5.69. The topological polar surface area (TPSA) is 157 Å². The molecule has 12 heteroatoms. The fourth-order valence-electron chi connectivity index (χ4n) is 3.10. The van der Waals surface area contributed by atoms with E-state index in [0.717, 1.165) is 5.56 Å². The Bertz CT molecular complexity index is 1030. The number of nitro groups is 1. The van der Waals surface area contributed by atoms with Crippen molar-refractivity contribution in [3.8, 4) is 0 Å². The standard InChI is InChI=1S/C17H17N5O6S/c23-5-11-13(24)14(25)17(28-11)21-8-20-12-15(21)18-7-19-16(12)29-6-9-1-3-10(4-2-9)22(26)27/h1-4,7-8,11,13-14,17,23-25H,5-6H2/t11-,13-,14-,17+/m1/s1. The van der Waals surface area contributed by atoms with Gasteiger partial charge in [0.1, 0.15) is 35.2 Å². The Morgan fingerprint density at radius 3 is 2.59 bits per heavy atom. The van der Waals surface area contributed by atoms with Gasteiger partial charge < -0.3 is 20.1 Å². The molecule has 0 amide bonds.